The Balaban J connectivity index is 2.19. The van der Waals surface area contributed by atoms with Crippen LogP contribution >= 0.6 is 31.9 Å². The Bertz CT molecular complexity index is 519. The van der Waals surface area contributed by atoms with Gasteiger partial charge in [-0.2, -0.15) is 0 Å². The molecule has 0 fully saturated rings. The zero-order chi connectivity index (χ0) is 13.1. The number of halogens is 2. The third-order valence-electron chi connectivity index (χ3n) is 2.79. The normalized spacial score (nSPS) is 12.7. The molecule has 1 atom stereocenters. The highest BCUT2D eigenvalue weighted by atomic mass is 79.9. The van der Waals surface area contributed by atoms with E-state index in [2.05, 4.69) is 43.8 Å². The first-order chi connectivity index (χ1) is 8.60. The topological polar surface area (TPSA) is 38.0 Å². The number of hydrogen-bond donors (Lipinski definition) is 1. The Hall–Kier alpha value is -0.650. The Morgan fingerprint density at radius 3 is 2.56 bits per heavy atom. The van der Waals surface area contributed by atoms with Gasteiger partial charge < -0.3 is 9.67 Å². The van der Waals surface area contributed by atoms with Crippen LogP contribution in [0.2, 0.25) is 0 Å². The van der Waals surface area contributed by atoms with E-state index in [1.165, 1.54) is 0 Å². The maximum absolute atomic E-state index is 10.3. The third-order valence-corrected chi connectivity index (χ3v) is 3.70. The van der Waals surface area contributed by atoms with Crippen molar-refractivity contribution in [2.75, 3.05) is 0 Å². The quantitative estimate of drug-likeness (QED) is 0.887. The summed E-state index contributed by atoms with van der Waals surface area (Å²) >= 11 is 6.85. The summed E-state index contributed by atoms with van der Waals surface area (Å²) in [5.74, 6) is 0.904. The molecule has 0 aliphatic carbocycles. The van der Waals surface area contributed by atoms with Crippen molar-refractivity contribution in [3.8, 4) is 0 Å². The predicted octanol–water partition coefficient (Wildman–Crippen LogP) is 3.70. The molecule has 0 amide bonds. The van der Waals surface area contributed by atoms with Crippen LogP contribution in [-0.4, -0.2) is 14.7 Å². The molecule has 1 unspecified atom stereocenters. The maximum Gasteiger partial charge on any atom is 0.111 e. The molecular formula is C13H14Br2N2O. The third kappa shape index (κ3) is 3.22. The lowest BCUT2D eigenvalue weighted by atomic mass is 10.1. The summed E-state index contributed by atoms with van der Waals surface area (Å²) in [5.41, 5.74) is 0.877. The number of nitrogens with zero attached hydrogens (tertiary/aromatic N) is 2. The lowest BCUT2D eigenvalue weighted by molar-refractivity contribution is 0.174. The largest absolute Gasteiger partial charge is 0.388 e. The fourth-order valence-electron chi connectivity index (χ4n) is 1.88. The Kier molecular flexibility index (Phi) is 4.59. The van der Waals surface area contributed by atoms with Gasteiger partial charge in [0.1, 0.15) is 5.82 Å². The van der Waals surface area contributed by atoms with Crippen molar-refractivity contribution in [1.82, 2.24) is 9.55 Å². The van der Waals surface area contributed by atoms with Gasteiger partial charge in [-0.1, -0.05) is 31.9 Å². The van der Waals surface area contributed by atoms with Crippen molar-refractivity contribution in [2.24, 2.45) is 0 Å². The van der Waals surface area contributed by atoms with E-state index < -0.39 is 6.10 Å². The lowest BCUT2D eigenvalue weighted by Gasteiger charge is -2.12. The Labute approximate surface area is 123 Å². The van der Waals surface area contributed by atoms with E-state index in [1.54, 1.807) is 6.20 Å². The van der Waals surface area contributed by atoms with Gasteiger partial charge in [0, 0.05) is 34.3 Å². The van der Waals surface area contributed by atoms with Crippen molar-refractivity contribution in [3.63, 3.8) is 0 Å². The van der Waals surface area contributed by atoms with Crippen LogP contribution in [0.3, 0.4) is 0 Å². The average Bonchev–Trinajstić information content (AvgIpc) is 2.75. The highest BCUT2D eigenvalue weighted by Crippen LogP contribution is 2.25. The van der Waals surface area contributed by atoms with E-state index in [0.717, 1.165) is 26.9 Å². The van der Waals surface area contributed by atoms with E-state index >= 15 is 0 Å². The van der Waals surface area contributed by atoms with Crippen LogP contribution in [0, 0.1) is 0 Å². The van der Waals surface area contributed by atoms with E-state index in [-0.39, 0.29) is 0 Å². The summed E-state index contributed by atoms with van der Waals surface area (Å²) in [6.45, 7) is 2.93. The number of benzene rings is 1. The molecule has 18 heavy (non-hydrogen) atoms. The summed E-state index contributed by atoms with van der Waals surface area (Å²) < 4.78 is 3.94. The molecule has 0 radical (unpaired) electrons. The molecule has 1 aromatic carbocycles. The van der Waals surface area contributed by atoms with Crippen LogP contribution in [0.5, 0.6) is 0 Å². The van der Waals surface area contributed by atoms with Gasteiger partial charge in [-0.15, -0.1) is 0 Å². The molecule has 0 saturated carbocycles. The van der Waals surface area contributed by atoms with Crippen molar-refractivity contribution in [1.29, 1.82) is 0 Å². The average molecular weight is 374 g/mol. The van der Waals surface area contributed by atoms with Crippen LogP contribution in [-0.2, 0) is 13.0 Å². The van der Waals surface area contributed by atoms with Crippen molar-refractivity contribution in [2.45, 2.75) is 26.0 Å². The van der Waals surface area contributed by atoms with Crippen molar-refractivity contribution >= 4 is 31.9 Å². The first-order valence-corrected chi connectivity index (χ1v) is 7.32. The lowest BCUT2D eigenvalue weighted by Crippen LogP contribution is -2.08. The fraction of sp³-hybridized carbons (Fsp3) is 0.308. The van der Waals surface area contributed by atoms with E-state index in [1.807, 2.05) is 29.0 Å². The standard InChI is InChI=1S/C13H14Br2N2O/c1-2-17-4-3-16-13(17)8-12(18)9-5-10(14)7-11(15)6-9/h3-7,12,18H,2,8H2,1H3. The molecule has 2 rings (SSSR count). The Morgan fingerprint density at radius 2 is 1.94 bits per heavy atom. The monoisotopic (exact) mass is 372 g/mol. The first kappa shape index (κ1) is 13.8. The van der Waals surface area contributed by atoms with Gasteiger partial charge in [0.15, 0.2) is 0 Å². The molecule has 1 N–H and O–H groups in total. The van der Waals surface area contributed by atoms with Gasteiger partial charge in [-0.25, -0.2) is 4.98 Å². The number of aryl methyl sites for hydroxylation is 1. The first-order valence-electron chi connectivity index (χ1n) is 5.74. The molecule has 0 spiro atoms. The van der Waals surface area contributed by atoms with Gasteiger partial charge in [-0.05, 0) is 30.7 Å². The fourth-order valence-corrected chi connectivity index (χ4v) is 3.21. The molecule has 5 heteroatoms. The second-order valence-electron chi connectivity index (χ2n) is 4.05. The van der Waals surface area contributed by atoms with Crippen LogP contribution in [0.1, 0.15) is 24.4 Å². The molecular weight excluding hydrogens is 360 g/mol. The van der Waals surface area contributed by atoms with Crippen LogP contribution in [0.15, 0.2) is 39.5 Å². The highest BCUT2D eigenvalue weighted by Gasteiger charge is 2.13. The van der Waals surface area contributed by atoms with Gasteiger partial charge >= 0.3 is 0 Å². The van der Waals surface area contributed by atoms with Crippen molar-refractivity contribution in [3.05, 3.63) is 50.9 Å². The number of hydrogen-bond acceptors (Lipinski definition) is 2. The Morgan fingerprint density at radius 1 is 1.28 bits per heavy atom. The van der Waals surface area contributed by atoms with Gasteiger partial charge in [0.2, 0.25) is 0 Å². The summed E-state index contributed by atoms with van der Waals surface area (Å²) in [6.07, 6.45) is 3.66. The maximum atomic E-state index is 10.3. The van der Waals surface area contributed by atoms with E-state index in [4.69, 9.17) is 0 Å². The summed E-state index contributed by atoms with van der Waals surface area (Å²) in [5, 5.41) is 10.3. The second kappa shape index (κ2) is 5.99. The molecule has 0 saturated heterocycles. The van der Waals surface area contributed by atoms with Crippen LogP contribution < -0.4 is 0 Å². The predicted molar refractivity (Wildman–Crippen MR) is 78.4 cm³/mol. The summed E-state index contributed by atoms with van der Waals surface area (Å²) in [7, 11) is 0. The molecule has 0 aliphatic rings. The second-order valence-corrected chi connectivity index (χ2v) is 5.88. The zero-order valence-electron chi connectivity index (χ0n) is 9.98. The van der Waals surface area contributed by atoms with Crippen LogP contribution in [0.25, 0.3) is 0 Å². The summed E-state index contributed by atoms with van der Waals surface area (Å²) in [6, 6.07) is 5.80. The minimum absolute atomic E-state index is 0.518. The van der Waals surface area contributed by atoms with Gasteiger partial charge in [-0.3, -0.25) is 0 Å². The molecule has 96 valence electrons. The molecule has 2 aromatic rings. The molecule has 1 heterocycles. The van der Waals surface area contributed by atoms with Gasteiger partial charge in [0.05, 0.1) is 6.10 Å². The number of aromatic nitrogens is 2. The number of aliphatic hydroxyl groups is 1. The van der Waals surface area contributed by atoms with Crippen LogP contribution in [0.4, 0.5) is 0 Å². The summed E-state index contributed by atoms with van der Waals surface area (Å²) in [4.78, 5) is 4.28. The highest BCUT2D eigenvalue weighted by molar-refractivity contribution is 9.11. The van der Waals surface area contributed by atoms with E-state index in [9.17, 15) is 5.11 Å². The number of aliphatic hydroxyl groups excluding tert-OH is 1. The minimum Gasteiger partial charge on any atom is -0.388 e. The molecule has 3 nitrogen and oxygen atoms in total. The van der Waals surface area contributed by atoms with Gasteiger partial charge in [0.25, 0.3) is 0 Å². The molecule has 0 bridgehead atoms. The number of rotatable bonds is 4. The SMILES string of the molecule is CCn1ccnc1CC(O)c1cc(Br)cc(Br)c1. The zero-order valence-corrected chi connectivity index (χ0v) is 13.1. The van der Waals surface area contributed by atoms with Crippen molar-refractivity contribution < 1.29 is 5.11 Å². The molecule has 0 aliphatic heterocycles. The number of imidazole rings is 1. The van der Waals surface area contributed by atoms with E-state index in [0.29, 0.717) is 6.42 Å². The minimum atomic E-state index is -0.550. The molecule has 1 aromatic heterocycles. The smallest absolute Gasteiger partial charge is 0.111 e.